The number of benzene rings is 3. The highest BCUT2D eigenvalue weighted by atomic mass is 16.5. The summed E-state index contributed by atoms with van der Waals surface area (Å²) >= 11 is 0. The number of primary amides is 1. The predicted octanol–water partition coefficient (Wildman–Crippen LogP) is 3.39. The van der Waals surface area contributed by atoms with Gasteiger partial charge in [0.25, 0.3) is 11.8 Å². The number of anilines is 1. The zero-order chi connectivity index (χ0) is 21.3. The number of nitrogens with two attached hydrogens (primary N) is 1. The van der Waals surface area contributed by atoms with Crippen molar-refractivity contribution >= 4 is 17.5 Å². The molecule has 0 radical (unpaired) electrons. The van der Waals surface area contributed by atoms with E-state index in [1.807, 2.05) is 30.3 Å². The Morgan fingerprint density at radius 2 is 1.63 bits per heavy atom. The lowest BCUT2D eigenvalue weighted by molar-refractivity contribution is -0.118. The number of carbonyl (C=O) groups is 2. The van der Waals surface area contributed by atoms with E-state index in [1.54, 1.807) is 36.4 Å². The summed E-state index contributed by atoms with van der Waals surface area (Å²) in [7, 11) is 1.44. The number of carbonyl (C=O) groups excluding carboxylic acids is 2. The topological polar surface area (TPSA) is 99.9 Å². The second-order valence-corrected chi connectivity index (χ2v) is 6.34. The van der Waals surface area contributed by atoms with E-state index in [1.165, 1.54) is 13.2 Å². The Balaban J connectivity index is 1.55. The molecule has 0 aliphatic carbocycles. The van der Waals surface area contributed by atoms with Gasteiger partial charge in [-0.15, -0.1) is 0 Å². The van der Waals surface area contributed by atoms with Gasteiger partial charge in [0.2, 0.25) is 0 Å². The number of para-hydroxylation sites is 1. The van der Waals surface area contributed by atoms with Gasteiger partial charge in [0.1, 0.15) is 12.4 Å². The highest BCUT2D eigenvalue weighted by Crippen LogP contribution is 2.30. The molecule has 3 rings (SSSR count). The molecule has 3 aromatic carbocycles. The smallest absolute Gasteiger partial charge is 0.262 e. The van der Waals surface area contributed by atoms with Crippen molar-refractivity contribution in [2.45, 2.75) is 6.61 Å². The van der Waals surface area contributed by atoms with Gasteiger partial charge in [0, 0.05) is 5.69 Å². The average molecular weight is 406 g/mol. The quantitative estimate of drug-likeness (QED) is 0.567. The van der Waals surface area contributed by atoms with Crippen LogP contribution in [0.5, 0.6) is 17.2 Å². The molecule has 154 valence electrons. The van der Waals surface area contributed by atoms with E-state index in [2.05, 4.69) is 5.32 Å². The Bertz CT molecular complexity index is 1000. The first-order valence-corrected chi connectivity index (χ1v) is 9.23. The van der Waals surface area contributed by atoms with Crippen LogP contribution in [0.4, 0.5) is 5.69 Å². The maximum absolute atomic E-state index is 12.2. The van der Waals surface area contributed by atoms with E-state index in [9.17, 15) is 9.59 Å². The molecule has 0 aromatic heterocycles. The van der Waals surface area contributed by atoms with Crippen molar-refractivity contribution in [1.82, 2.24) is 0 Å². The van der Waals surface area contributed by atoms with Crippen molar-refractivity contribution in [2.75, 3.05) is 19.0 Å². The number of nitrogens with one attached hydrogen (secondary N) is 1. The molecule has 0 unspecified atom stereocenters. The monoisotopic (exact) mass is 406 g/mol. The van der Waals surface area contributed by atoms with E-state index < -0.39 is 11.8 Å². The molecule has 0 saturated carbocycles. The minimum absolute atomic E-state index is 0.132. The SMILES string of the molecule is COc1cccc(C(N)=O)c1OCC(=O)Nc1ccc(OCc2ccccc2)cc1. The van der Waals surface area contributed by atoms with Crippen molar-refractivity contribution in [2.24, 2.45) is 5.73 Å². The largest absolute Gasteiger partial charge is 0.493 e. The Morgan fingerprint density at radius 1 is 0.900 bits per heavy atom. The standard InChI is InChI=1S/C23H22N2O5/c1-28-20-9-5-8-19(23(24)27)22(20)30-15-21(26)25-17-10-12-18(13-11-17)29-14-16-6-3-2-4-7-16/h2-13H,14-15H2,1H3,(H2,24,27)(H,25,26). The van der Waals surface area contributed by atoms with Crippen LogP contribution in [0, 0.1) is 0 Å². The fourth-order valence-electron chi connectivity index (χ4n) is 2.73. The minimum Gasteiger partial charge on any atom is -0.493 e. The second-order valence-electron chi connectivity index (χ2n) is 6.34. The van der Waals surface area contributed by atoms with Gasteiger partial charge in [-0.3, -0.25) is 9.59 Å². The molecule has 0 bridgehead atoms. The first-order valence-electron chi connectivity index (χ1n) is 9.23. The third-order valence-electron chi connectivity index (χ3n) is 4.20. The molecule has 0 atom stereocenters. The van der Waals surface area contributed by atoms with Crippen LogP contribution < -0.4 is 25.3 Å². The Kier molecular flexibility index (Phi) is 6.89. The summed E-state index contributed by atoms with van der Waals surface area (Å²) in [6.45, 7) is 0.147. The summed E-state index contributed by atoms with van der Waals surface area (Å²) < 4.78 is 16.4. The molecular weight excluding hydrogens is 384 g/mol. The average Bonchev–Trinajstić information content (AvgIpc) is 2.77. The maximum Gasteiger partial charge on any atom is 0.262 e. The highest BCUT2D eigenvalue weighted by molar-refractivity contribution is 5.97. The van der Waals surface area contributed by atoms with Crippen molar-refractivity contribution in [1.29, 1.82) is 0 Å². The lowest BCUT2D eigenvalue weighted by atomic mass is 10.2. The Labute approximate surface area is 174 Å². The van der Waals surface area contributed by atoms with Crippen LogP contribution in [-0.2, 0) is 11.4 Å². The van der Waals surface area contributed by atoms with E-state index in [0.717, 1.165) is 5.56 Å². The summed E-state index contributed by atoms with van der Waals surface area (Å²) in [4.78, 5) is 23.8. The summed E-state index contributed by atoms with van der Waals surface area (Å²) in [6, 6.07) is 21.6. The third kappa shape index (κ3) is 5.51. The summed E-state index contributed by atoms with van der Waals surface area (Å²) in [6.07, 6.45) is 0. The predicted molar refractivity (Wildman–Crippen MR) is 113 cm³/mol. The molecule has 3 N–H and O–H groups in total. The van der Waals surface area contributed by atoms with E-state index >= 15 is 0 Å². The number of methoxy groups -OCH3 is 1. The normalized spacial score (nSPS) is 10.2. The van der Waals surface area contributed by atoms with Gasteiger partial charge in [-0.1, -0.05) is 36.4 Å². The van der Waals surface area contributed by atoms with Crippen LogP contribution in [0.3, 0.4) is 0 Å². The van der Waals surface area contributed by atoms with Gasteiger partial charge >= 0.3 is 0 Å². The maximum atomic E-state index is 12.2. The molecule has 0 heterocycles. The van der Waals surface area contributed by atoms with Gasteiger partial charge in [-0.05, 0) is 42.0 Å². The van der Waals surface area contributed by atoms with Gasteiger partial charge in [0.05, 0.1) is 12.7 Å². The molecule has 2 amide bonds. The van der Waals surface area contributed by atoms with Crippen molar-refractivity contribution in [3.05, 3.63) is 83.9 Å². The fourth-order valence-corrected chi connectivity index (χ4v) is 2.73. The van der Waals surface area contributed by atoms with Crippen LogP contribution in [0.1, 0.15) is 15.9 Å². The summed E-state index contributed by atoms with van der Waals surface area (Å²) in [5.41, 5.74) is 7.15. The van der Waals surface area contributed by atoms with Crippen LogP contribution >= 0.6 is 0 Å². The molecule has 7 nitrogen and oxygen atoms in total. The van der Waals surface area contributed by atoms with Gasteiger partial charge in [-0.2, -0.15) is 0 Å². The first kappa shape index (κ1) is 20.7. The van der Waals surface area contributed by atoms with Crippen LogP contribution in [0.15, 0.2) is 72.8 Å². The number of rotatable bonds is 9. The van der Waals surface area contributed by atoms with Crippen molar-refractivity contribution < 1.29 is 23.8 Å². The molecular formula is C23H22N2O5. The molecule has 3 aromatic rings. The Morgan fingerprint density at radius 3 is 2.30 bits per heavy atom. The molecule has 0 aliphatic rings. The minimum atomic E-state index is -0.671. The van der Waals surface area contributed by atoms with Crippen molar-refractivity contribution in [3.8, 4) is 17.2 Å². The number of hydrogen-bond donors (Lipinski definition) is 2. The highest BCUT2D eigenvalue weighted by Gasteiger charge is 2.16. The fraction of sp³-hybridized carbons (Fsp3) is 0.130. The zero-order valence-corrected chi connectivity index (χ0v) is 16.5. The van der Waals surface area contributed by atoms with Gasteiger partial charge < -0.3 is 25.3 Å². The van der Waals surface area contributed by atoms with Crippen LogP contribution in [0.2, 0.25) is 0 Å². The van der Waals surface area contributed by atoms with E-state index in [-0.39, 0.29) is 17.9 Å². The van der Waals surface area contributed by atoms with Gasteiger partial charge in [0.15, 0.2) is 18.1 Å². The van der Waals surface area contributed by atoms with E-state index in [4.69, 9.17) is 19.9 Å². The Hall–Kier alpha value is -4.00. The second kappa shape index (κ2) is 9.97. The summed E-state index contributed by atoms with van der Waals surface area (Å²) in [5, 5.41) is 2.72. The first-order chi connectivity index (χ1) is 14.6. The molecule has 0 spiro atoms. The number of hydrogen-bond acceptors (Lipinski definition) is 5. The third-order valence-corrected chi connectivity index (χ3v) is 4.20. The molecule has 7 heteroatoms. The lowest BCUT2D eigenvalue weighted by Crippen LogP contribution is -2.22. The molecule has 0 fully saturated rings. The van der Waals surface area contributed by atoms with Crippen LogP contribution in [-0.4, -0.2) is 25.5 Å². The molecule has 30 heavy (non-hydrogen) atoms. The molecule has 0 aliphatic heterocycles. The number of amides is 2. The van der Waals surface area contributed by atoms with E-state index in [0.29, 0.717) is 23.8 Å². The van der Waals surface area contributed by atoms with Crippen molar-refractivity contribution in [3.63, 3.8) is 0 Å². The molecule has 0 saturated heterocycles. The van der Waals surface area contributed by atoms with Gasteiger partial charge in [-0.25, -0.2) is 0 Å². The van der Waals surface area contributed by atoms with Crippen LogP contribution in [0.25, 0.3) is 0 Å². The lowest BCUT2D eigenvalue weighted by Gasteiger charge is -2.13. The summed E-state index contributed by atoms with van der Waals surface area (Å²) in [5.74, 6) is 0.0734. The number of ether oxygens (including phenoxy) is 3. The zero-order valence-electron chi connectivity index (χ0n) is 16.5.